The van der Waals surface area contributed by atoms with Crippen molar-refractivity contribution in [1.82, 2.24) is 20.2 Å². The molecule has 84 valence electrons. The Bertz CT molecular complexity index is 318. The number of nitrogens with zero attached hydrogens (tertiary/aromatic N) is 5. The number of aryl methyl sites for hydroxylation is 1. The summed E-state index contributed by atoms with van der Waals surface area (Å²) in [4.78, 5) is 1.51. The lowest BCUT2D eigenvalue weighted by atomic mass is 10.3. The van der Waals surface area contributed by atoms with Crippen LogP contribution in [0.4, 0.5) is 0 Å². The quantitative estimate of drug-likeness (QED) is 0.617. The maximum Gasteiger partial charge on any atom is 0.180 e. The van der Waals surface area contributed by atoms with Crippen LogP contribution < -0.4 is 0 Å². The molecule has 0 amide bonds. The van der Waals surface area contributed by atoms with Gasteiger partial charge in [0.25, 0.3) is 0 Å². The largest absolute Gasteiger partial charge is 0.370 e. The van der Waals surface area contributed by atoms with Crippen LogP contribution in [0.15, 0.2) is 0 Å². The van der Waals surface area contributed by atoms with E-state index in [-0.39, 0.29) is 0 Å². The Morgan fingerprint density at radius 2 is 2.13 bits per heavy atom. The van der Waals surface area contributed by atoms with E-state index in [4.69, 9.17) is 4.74 Å². The molecule has 1 aromatic rings. The van der Waals surface area contributed by atoms with E-state index < -0.39 is 0 Å². The molecule has 0 radical (unpaired) electrons. The molecule has 0 aliphatic carbocycles. The van der Waals surface area contributed by atoms with Crippen molar-refractivity contribution >= 4 is 0 Å². The Morgan fingerprint density at radius 3 is 2.73 bits per heavy atom. The van der Waals surface area contributed by atoms with Crippen LogP contribution in [0.3, 0.4) is 0 Å². The van der Waals surface area contributed by atoms with Crippen molar-refractivity contribution in [2.24, 2.45) is 7.05 Å². The molecule has 1 saturated heterocycles. The highest BCUT2D eigenvalue weighted by molar-refractivity contribution is 4.76. The predicted molar refractivity (Wildman–Crippen MR) is 54.1 cm³/mol. The Balaban J connectivity index is 1.86. The fourth-order valence-corrected chi connectivity index (χ4v) is 1.80. The minimum atomic E-state index is 0.836. The third-order valence-electron chi connectivity index (χ3n) is 2.98. The van der Waals surface area contributed by atoms with E-state index in [0.717, 1.165) is 49.6 Å². The fourth-order valence-electron chi connectivity index (χ4n) is 1.80. The van der Waals surface area contributed by atoms with Crippen LogP contribution in [0.1, 0.15) is 5.82 Å². The number of aromatic nitrogens is 4. The van der Waals surface area contributed by atoms with Crippen molar-refractivity contribution < 1.29 is 9.22 Å². The highest BCUT2D eigenvalue weighted by Gasteiger charge is 2.25. The molecular weight excluding hydrogens is 194 g/mol. The zero-order valence-electron chi connectivity index (χ0n) is 9.39. The van der Waals surface area contributed by atoms with Gasteiger partial charge < -0.3 is 9.22 Å². The minimum Gasteiger partial charge on any atom is -0.370 e. The first-order valence-electron chi connectivity index (χ1n) is 5.32. The molecule has 0 aromatic carbocycles. The standard InChI is InChI=1S/C9H18N5O/c1-13-11-9(10-12-13)3-4-14(2)5-7-15-8-6-14/h3-8H2,1-2H3/q+1. The molecule has 1 aliphatic rings. The molecule has 0 unspecified atom stereocenters. The molecule has 0 atom stereocenters. The summed E-state index contributed by atoms with van der Waals surface area (Å²) in [6.45, 7) is 4.96. The van der Waals surface area contributed by atoms with Crippen molar-refractivity contribution in [3.05, 3.63) is 5.82 Å². The van der Waals surface area contributed by atoms with Gasteiger partial charge in [0.15, 0.2) is 5.82 Å². The first kappa shape index (κ1) is 10.5. The van der Waals surface area contributed by atoms with Gasteiger partial charge in [0.1, 0.15) is 13.1 Å². The van der Waals surface area contributed by atoms with Crippen LogP contribution in [0.2, 0.25) is 0 Å². The van der Waals surface area contributed by atoms with E-state index in [0.29, 0.717) is 0 Å². The monoisotopic (exact) mass is 212 g/mol. The molecule has 1 fully saturated rings. The van der Waals surface area contributed by atoms with Crippen LogP contribution in [0.5, 0.6) is 0 Å². The summed E-state index contributed by atoms with van der Waals surface area (Å²) < 4.78 is 6.41. The van der Waals surface area contributed by atoms with Gasteiger partial charge in [-0.1, -0.05) is 0 Å². The Labute approximate surface area is 89.4 Å². The number of quaternary nitrogens is 1. The van der Waals surface area contributed by atoms with E-state index >= 15 is 0 Å². The second-order valence-corrected chi connectivity index (χ2v) is 4.35. The third kappa shape index (κ3) is 2.73. The van der Waals surface area contributed by atoms with Crippen molar-refractivity contribution in [2.45, 2.75) is 6.42 Å². The van der Waals surface area contributed by atoms with Crippen molar-refractivity contribution in [3.63, 3.8) is 0 Å². The molecule has 1 aliphatic heterocycles. The lowest BCUT2D eigenvalue weighted by Gasteiger charge is -2.37. The predicted octanol–water partition coefficient (Wildman–Crippen LogP) is -0.771. The normalized spacial score (nSPS) is 20.4. The maximum atomic E-state index is 5.36. The average Bonchev–Trinajstić information content (AvgIpc) is 2.63. The molecule has 6 heteroatoms. The van der Waals surface area contributed by atoms with Crippen molar-refractivity contribution in [3.8, 4) is 0 Å². The van der Waals surface area contributed by atoms with Gasteiger partial charge in [0, 0.05) is 0 Å². The van der Waals surface area contributed by atoms with Gasteiger partial charge in [-0.3, -0.25) is 0 Å². The van der Waals surface area contributed by atoms with E-state index in [1.807, 2.05) is 0 Å². The summed E-state index contributed by atoms with van der Waals surface area (Å²) in [5.74, 6) is 0.836. The number of rotatable bonds is 3. The Morgan fingerprint density at radius 1 is 1.40 bits per heavy atom. The van der Waals surface area contributed by atoms with Gasteiger partial charge in [0.2, 0.25) is 0 Å². The number of morpholine rings is 1. The van der Waals surface area contributed by atoms with Crippen LogP contribution in [0, 0.1) is 0 Å². The van der Waals surface area contributed by atoms with Crippen LogP contribution in [-0.4, -0.2) is 64.6 Å². The van der Waals surface area contributed by atoms with E-state index in [9.17, 15) is 0 Å². The Kier molecular flexibility index (Phi) is 2.97. The molecule has 0 saturated carbocycles. The average molecular weight is 212 g/mol. The number of likely N-dealkylation sites (N-methyl/N-ethyl adjacent to an activating group) is 1. The number of tetrazole rings is 1. The summed E-state index contributed by atoms with van der Waals surface area (Å²) in [7, 11) is 4.06. The maximum absolute atomic E-state index is 5.36. The topological polar surface area (TPSA) is 52.8 Å². The lowest BCUT2D eigenvalue weighted by Crippen LogP contribution is -2.52. The van der Waals surface area contributed by atoms with Gasteiger partial charge in [-0.2, -0.15) is 4.80 Å². The Hall–Kier alpha value is -1.01. The first-order valence-corrected chi connectivity index (χ1v) is 5.32. The molecule has 2 heterocycles. The smallest absolute Gasteiger partial charge is 0.180 e. The second-order valence-electron chi connectivity index (χ2n) is 4.35. The van der Waals surface area contributed by atoms with Crippen molar-refractivity contribution in [2.75, 3.05) is 39.9 Å². The summed E-state index contributed by atoms with van der Waals surface area (Å²) in [6, 6.07) is 0. The van der Waals surface area contributed by atoms with Gasteiger partial charge in [-0.15, -0.1) is 10.2 Å². The molecule has 2 rings (SSSR count). The zero-order valence-corrected chi connectivity index (χ0v) is 9.39. The molecule has 0 N–H and O–H groups in total. The number of hydrogen-bond acceptors (Lipinski definition) is 4. The minimum absolute atomic E-state index is 0.836. The molecular formula is C9H18N5O+. The third-order valence-corrected chi connectivity index (χ3v) is 2.98. The summed E-state index contributed by atoms with van der Waals surface area (Å²) in [5.41, 5.74) is 0. The molecule has 0 bridgehead atoms. The van der Waals surface area contributed by atoms with E-state index in [1.165, 1.54) is 4.80 Å². The number of ether oxygens (including phenoxy) is 1. The van der Waals surface area contributed by atoms with Gasteiger partial charge >= 0.3 is 0 Å². The van der Waals surface area contributed by atoms with Crippen LogP contribution in [0.25, 0.3) is 0 Å². The summed E-state index contributed by atoms with van der Waals surface area (Å²) in [6.07, 6.45) is 0.893. The van der Waals surface area contributed by atoms with Crippen LogP contribution in [-0.2, 0) is 18.2 Å². The van der Waals surface area contributed by atoms with Crippen molar-refractivity contribution in [1.29, 1.82) is 0 Å². The zero-order chi connectivity index (χ0) is 10.7. The second kappa shape index (κ2) is 4.24. The molecule has 1 aromatic heterocycles. The fraction of sp³-hybridized carbons (Fsp3) is 0.889. The molecule has 6 nitrogen and oxygen atoms in total. The van der Waals surface area contributed by atoms with Crippen LogP contribution >= 0.6 is 0 Å². The molecule has 0 spiro atoms. The highest BCUT2D eigenvalue weighted by atomic mass is 16.5. The van der Waals surface area contributed by atoms with E-state index in [1.54, 1.807) is 7.05 Å². The van der Waals surface area contributed by atoms with Gasteiger partial charge in [0.05, 0.1) is 40.3 Å². The first-order chi connectivity index (χ1) is 7.18. The van der Waals surface area contributed by atoms with Gasteiger partial charge in [-0.05, 0) is 5.21 Å². The SMILES string of the molecule is Cn1nnc(CC[N+]2(C)CCOCC2)n1. The highest BCUT2D eigenvalue weighted by Crippen LogP contribution is 2.08. The summed E-state index contributed by atoms with van der Waals surface area (Å²) in [5, 5.41) is 12.0. The summed E-state index contributed by atoms with van der Waals surface area (Å²) >= 11 is 0. The van der Waals surface area contributed by atoms with Gasteiger partial charge in [-0.25, -0.2) is 0 Å². The number of hydrogen-bond donors (Lipinski definition) is 0. The molecule has 15 heavy (non-hydrogen) atoms. The lowest BCUT2D eigenvalue weighted by molar-refractivity contribution is -0.916. The van der Waals surface area contributed by atoms with E-state index in [2.05, 4.69) is 22.5 Å².